The van der Waals surface area contributed by atoms with Gasteiger partial charge in [0, 0.05) is 18.8 Å². The van der Waals surface area contributed by atoms with Crippen LogP contribution in [0.5, 0.6) is 5.75 Å². The molecule has 0 unspecified atom stereocenters. The van der Waals surface area contributed by atoms with Crippen molar-refractivity contribution in [1.29, 1.82) is 0 Å². The second-order valence-corrected chi connectivity index (χ2v) is 8.68. The van der Waals surface area contributed by atoms with Crippen molar-refractivity contribution in [3.05, 3.63) is 58.9 Å². The first kappa shape index (κ1) is 22.3. The number of carbonyl (C=O) groups is 1. The van der Waals surface area contributed by atoms with Crippen LogP contribution in [-0.4, -0.2) is 38.3 Å². The fourth-order valence-corrected chi connectivity index (χ4v) is 4.46. The van der Waals surface area contributed by atoms with E-state index < -0.39 is 40.6 Å². The number of hydrogen-bond acceptors (Lipinski definition) is 4. The van der Waals surface area contributed by atoms with E-state index in [1.54, 1.807) is 0 Å². The van der Waals surface area contributed by atoms with Gasteiger partial charge in [0.25, 0.3) is 10.2 Å². The number of likely N-dealkylation sites (N-methyl/N-ethyl adjacent to an activating group) is 1. The Hall–Kier alpha value is -2.34. The van der Waals surface area contributed by atoms with Crippen molar-refractivity contribution in [3.8, 4) is 5.75 Å². The summed E-state index contributed by atoms with van der Waals surface area (Å²) in [6, 6.07) is 7.16. The number of nitrogens with zero attached hydrogens (tertiary/aromatic N) is 1. The second-order valence-electron chi connectivity index (χ2n) is 6.51. The third-order valence-electron chi connectivity index (χ3n) is 4.57. The van der Waals surface area contributed by atoms with E-state index in [-0.39, 0.29) is 22.9 Å². The van der Waals surface area contributed by atoms with E-state index in [1.807, 2.05) is 0 Å². The number of anilines is 1. The Labute approximate surface area is 176 Å². The first-order chi connectivity index (χ1) is 14.1. The van der Waals surface area contributed by atoms with Gasteiger partial charge in [-0.05, 0) is 42.3 Å². The van der Waals surface area contributed by atoms with Crippen LogP contribution in [0.15, 0.2) is 42.5 Å². The van der Waals surface area contributed by atoms with E-state index in [9.17, 15) is 26.4 Å². The average molecular weight is 464 g/mol. The molecule has 0 bridgehead atoms. The summed E-state index contributed by atoms with van der Waals surface area (Å²) in [5.74, 6) is -1.37. The van der Waals surface area contributed by atoms with E-state index in [4.69, 9.17) is 11.6 Å². The minimum Gasteiger partial charge on any atom is -0.435 e. The van der Waals surface area contributed by atoms with Gasteiger partial charge >= 0.3 is 6.61 Å². The monoisotopic (exact) mass is 463 g/mol. The van der Waals surface area contributed by atoms with E-state index in [1.165, 1.54) is 43.4 Å². The van der Waals surface area contributed by atoms with E-state index in [0.29, 0.717) is 5.56 Å². The maximum atomic E-state index is 13.3. The zero-order chi connectivity index (χ0) is 22.1. The molecule has 7 nitrogen and oxygen atoms in total. The maximum absolute atomic E-state index is 13.3. The summed E-state index contributed by atoms with van der Waals surface area (Å²) < 4.78 is 70.5. The number of halogens is 4. The summed E-state index contributed by atoms with van der Waals surface area (Å²) in [7, 11) is -2.75. The summed E-state index contributed by atoms with van der Waals surface area (Å²) in [5.41, 5.74) is 0.677. The largest absolute Gasteiger partial charge is 0.435 e. The highest BCUT2D eigenvalue weighted by Crippen LogP contribution is 2.30. The van der Waals surface area contributed by atoms with Crippen LogP contribution in [0.25, 0.3) is 0 Å². The van der Waals surface area contributed by atoms with Gasteiger partial charge in [-0.2, -0.15) is 26.2 Å². The molecule has 0 aliphatic carbocycles. The molecule has 12 heteroatoms. The number of amides is 1. The molecule has 1 aliphatic rings. The van der Waals surface area contributed by atoms with Crippen LogP contribution in [0.3, 0.4) is 0 Å². The average Bonchev–Trinajstić information content (AvgIpc) is 2.67. The van der Waals surface area contributed by atoms with Crippen LogP contribution in [-0.2, 0) is 15.0 Å². The fourth-order valence-electron chi connectivity index (χ4n) is 3.01. The van der Waals surface area contributed by atoms with Crippen molar-refractivity contribution in [2.45, 2.75) is 25.1 Å². The van der Waals surface area contributed by atoms with Crippen LogP contribution in [0.2, 0.25) is 5.02 Å². The first-order valence-electron chi connectivity index (χ1n) is 8.63. The molecule has 3 rings (SSSR count). The second kappa shape index (κ2) is 8.80. The van der Waals surface area contributed by atoms with Crippen molar-refractivity contribution in [2.24, 2.45) is 0 Å². The Morgan fingerprint density at radius 1 is 1.27 bits per heavy atom. The van der Waals surface area contributed by atoms with Crippen LogP contribution in [0.4, 0.5) is 18.9 Å². The highest BCUT2D eigenvalue weighted by Gasteiger charge is 2.40. The maximum Gasteiger partial charge on any atom is 0.387 e. The van der Waals surface area contributed by atoms with Crippen molar-refractivity contribution < 1.29 is 31.1 Å². The number of nitrogens with one attached hydrogen (secondary N) is 2. The van der Waals surface area contributed by atoms with E-state index >= 15 is 0 Å². The molecule has 1 saturated heterocycles. The van der Waals surface area contributed by atoms with Crippen molar-refractivity contribution >= 4 is 33.4 Å². The van der Waals surface area contributed by atoms with Crippen molar-refractivity contribution in [1.82, 2.24) is 9.03 Å². The molecule has 1 heterocycles. The molecule has 162 valence electrons. The summed E-state index contributed by atoms with van der Waals surface area (Å²) in [4.78, 5) is 12.7. The molecule has 0 spiro atoms. The Bertz CT molecular complexity index is 1040. The summed E-state index contributed by atoms with van der Waals surface area (Å²) in [5, 5.41) is 2.33. The summed E-state index contributed by atoms with van der Waals surface area (Å²) in [6.07, 6.45) is 0.0611. The van der Waals surface area contributed by atoms with Crippen LogP contribution in [0, 0.1) is 5.82 Å². The van der Waals surface area contributed by atoms with Gasteiger partial charge in [0.15, 0.2) is 0 Å². The SMILES string of the molecule is CN1[C@@H](C(=O)Nc2ccc(F)c(Cl)c2)C[C@@H](c2ccc(OC(F)F)cc2)NS1(=O)=O. The molecule has 0 radical (unpaired) electrons. The topological polar surface area (TPSA) is 87.7 Å². The molecular weight excluding hydrogens is 447 g/mol. The van der Waals surface area contributed by atoms with Crippen molar-refractivity contribution in [3.63, 3.8) is 0 Å². The number of alkyl halides is 2. The molecule has 0 saturated carbocycles. The quantitative estimate of drug-likeness (QED) is 0.712. The summed E-state index contributed by atoms with van der Waals surface area (Å²) >= 11 is 5.70. The molecular formula is C18H17ClF3N3O4S. The molecule has 2 aromatic rings. The Balaban J connectivity index is 1.80. The summed E-state index contributed by atoms with van der Waals surface area (Å²) in [6.45, 7) is -2.98. The van der Waals surface area contributed by atoms with E-state index in [0.717, 1.165) is 10.4 Å². The fraction of sp³-hybridized carbons (Fsp3) is 0.278. The lowest BCUT2D eigenvalue weighted by atomic mass is 9.99. The predicted molar refractivity (Wildman–Crippen MR) is 104 cm³/mol. The standard InChI is InChI=1S/C18H17ClF3N3O4S/c1-25-16(17(26)23-11-4-7-14(20)13(19)8-11)9-15(24-30(25,27)28)10-2-5-12(6-3-10)29-18(21)22/h2-8,15-16,18,24H,9H2,1H3,(H,23,26)/t15-,16+/m0/s1. The Morgan fingerprint density at radius 2 is 1.93 bits per heavy atom. The third-order valence-corrected chi connectivity index (χ3v) is 6.45. The van der Waals surface area contributed by atoms with Gasteiger partial charge < -0.3 is 10.1 Å². The molecule has 30 heavy (non-hydrogen) atoms. The minimum absolute atomic E-state index is 0.0611. The number of carbonyl (C=O) groups excluding carboxylic acids is 1. The Kier molecular flexibility index (Phi) is 6.56. The zero-order valence-corrected chi connectivity index (χ0v) is 17.1. The minimum atomic E-state index is -4.00. The number of ether oxygens (including phenoxy) is 1. The highest BCUT2D eigenvalue weighted by molar-refractivity contribution is 7.87. The molecule has 2 N–H and O–H groups in total. The smallest absolute Gasteiger partial charge is 0.387 e. The van der Waals surface area contributed by atoms with Gasteiger partial charge in [-0.3, -0.25) is 4.79 Å². The van der Waals surface area contributed by atoms with Gasteiger partial charge in [0.2, 0.25) is 5.91 Å². The van der Waals surface area contributed by atoms with Crippen molar-refractivity contribution in [2.75, 3.05) is 12.4 Å². The lowest BCUT2D eigenvalue weighted by molar-refractivity contribution is -0.120. The van der Waals surface area contributed by atoms with Gasteiger partial charge in [-0.15, -0.1) is 0 Å². The Morgan fingerprint density at radius 3 is 2.53 bits per heavy atom. The zero-order valence-electron chi connectivity index (χ0n) is 15.5. The first-order valence-corrected chi connectivity index (χ1v) is 10.4. The number of benzene rings is 2. The lowest BCUT2D eigenvalue weighted by Gasteiger charge is -2.36. The molecule has 1 aliphatic heterocycles. The van der Waals surface area contributed by atoms with Crippen LogP contribution >= 0.6 is 11.6 Å². The lowest BCUT2D eigenvalue weighted by Crippen LogP contribution is -2.55. The van der Waals surface area contributed by atoms with Gasteiger partial charge in [0.05, 0.1) is 5.02 Å². The van der Waals surface area contributed by atoms with Gasteiger partial charge in [0.1, 0.15) is 17.6 Å². The number of hydrogen-bond donors (Lipinski definition) is 2. The van der Waals surface area contributed by atoms with Gasteiger partial charge in [-0.25, -0.2) is 4.39 Å². The number of rotatable bonds is 5. The normalized spacial score (nSPS) is 21.4. The van der Waals surface area contributed by atoms with E-state index in [2.05, 4.69) is 14.8 Å². The highest BCUT2D eigenvalue weighted by atomic mass is 35.5. The molecule has 2 atom stereocenters. The van der Waals surface area contributed by atoms with Crippen LogP contribution < -0.4 is 14.8 Å². The molecule has 1 fully saturated rings. The van der Waals surface area contributed by atoms with Crippen LogP contribution in [0.1, 0.15) is 18.0 Å². The molecule has 0 aromatic heterocycles. The molecule has 2 aromatic carbocycles. The molecule has 1 amide bonds. The third kappa shape index (κ3) is 5.04. The van der Waals surface area contributed by atoms with Gasteiger partial charge in [-0.1, -0.05) is 23.7 Å². The predicted octanol–water partition coefficient (Wildman–Crippen LogP) is 3.30.